The first-order valence-electron chi connectivity index (χ1n) is 7.13. The van der Waals surface area contributed by atoms with Crippen LogP contribution in [0.5, 0.6) is 0 Å². The lowest BCUT2D eigenvalue weighted by Gasteiger charge is -2.43. The summed E-state index contributed by atoms with van der Waals surface area (Å²) in [6.07, 6.45) is -1.43. The molecule has 0 saturated carbocycles. The van der Waals surface area contributed by atoms with Crippen LogP contribution in [0.25, 0.3) is 0 Å². The summed E-state index contributed by atoms with van der Waals surface area (Å²) in [5.74, 6) is 6.38. The van der Waals surface area contributed by atoms with Crippen molar-refractivity contribution in [2.45, 2.75) is 51.3 Å². The van der Waals surface area contributed by atoms with Crippen molar-refractivity contribution >= 4 is 0 Å². The van der Waals surface area contributed by atoms with Crippen molar-refractivity contribution in [1.82, 2.24) is 0 Å². The molecule has 0 radical (unpaired) electrons. The predicted molar refractivity (Wildman–Crippen MR) is 80.2 cm³/mol. The molecule has 0 N–H and O–H groups in total. The molecule has 1 fully saturated rings. The first-order valence-corrected chi connectivity index (χ1v) is 7.13. The zero-order valence-corrected chi connectivity index (χ0v) is 14.1. The molecule has 0 aromatic carbocycles. The van der Waals surface area contributed by atoms with Crippen LogP contribution < -0.4 is 0 Å². The minimum Gasteiger partial charge on any atom is -0.382 e. The van der Waals surface area contributed by atoms with Crippen molar-refractivity contribution in [3.63, 3.8) is 0 Å². The van der Waals surface area contributed by atoms with Gasteiger partial charge in [0.15, 0.2) is 0 Å². The fourth-order valence-electron chi connectivity index (χ4n) is 2.43. The normalized spacial score (nSPS) is 33.4. The number of methoxy groups -OCH3 is 4. The van der Waals surface area contributed by atoms with E-state index in [2.05, 4.69) is 32.6 Å². The van der Waals surface area contributed by atoms with Gasteiger partial charge in [-0.15, -0.1) is 0 Å². The van der Waals surface area contributed by atoms with Crippen LogP contribution in [0.1, 0.15) is 20.8 Å². The van der Waals surface area contributed by atoms with Gasteiger partial charge in [-0.05, 0) is 20.8 Å². The molecular formula is C16H28O5. The Morgan fingerprint density at radius 1 is 0.905 bits per heavy atom. The second-order valence-corrected chi connectivity index (χ2v) is 6.17. The van der Waals surface area contributed by atoms with E-state index in [1.165, 1.54) is 0 Å². The van der Waals surface area contributed by atoms with E-state index in [0.29, 0.717) is 6.61 Å². The van der Waals surface area contributed by atoms with Crippen molar-refractivity contribution in [3.05, 3.63) is 0 Å². The van der Waals surface area contributed by atoms with Gasteiger partial charge in [-0.3, -0.25) is 0 Å². The Bertz CT molecular complexity index is 365. The van der Waals surface area contributed by atoms with Crippen LogP contribution in [0.15, 0.2) is 0 Å². The molecule has 0 bridgehead atoms. The van der Waals surface area contributed by atoms with Crippen LogP contribution in [0.4, 0.5) is 0 Å². The summed E-state index contributed by atoms with van der Waals surface area (Å²) < 4.78 is 27.9. The third kappa shape index (κ3) is 4.94. The van der Waals surface area contributed by atoms with Crippen molar-refractivity contribution in [2.75, 3.05) is 35.0 Å². The third-order valence-electron chi connectivity index (χ3n) is 3.37. The monoisotopic (exact) mass is 300 g/mol. The summed E-state index contributed by atoms with van der Waals surface area (Å²) >= 11 is 0. The molecule has 0 aromatic rings. The van der Waals surface area contributed by atoms with Crippen LogP contribution in [-0.4, -0.2) is 65.6 Å². The van der Waals surface area contributed by atoms with Gasteiger partial charge in [-0.1, -0.05) is 11.8 Å². The highest BCUT2D eigenvalue weighted by Gasteiger charge is 2.46. The molecule has 5 heteroatoms. The van der Waals surface area contributed by atoms with Gasteiger partial charge in [0, 0.05) is 33.9 Å². The van der Waals surface area contributed by atoms with E-state index < -0.39 is 0 Å². The predicted octanol–water partition coefficient (Wildman–Crippen LogP) is 1.49. The SMILES string of the molecule is COC[C@H]1OC(C#CC(C)(C)C)[C@H](OC)[C@@H](OC)[C@@H]1OC. The molecule has 122 valence electrons. The van der Waals surface area contributed by atoms with Crippen molar-refractivity contribution in [2.24, 2.45) is 5.41 Å². The molecule has 0 aromatic heterocycles. The van der Waals surface area contributed by atoms with Gasteiger partial charge in [0.2, 0.25) is 0 Å². The zero-order chi connectivity index (χ0) is 16.0. The number of rotatable bonds is 5. The van der Waals surface area contributed by atoms with Gasteiger partial charge in [0.25, 0.3) is 0 Å². The topological polar surface area (TPSA) is 46.2 Å². The smallest absolute Gasteiger partial charge is 0.147 e. The Kier molecular flexibility index (Phi) is 7.11. The fourth-order valence-corrected chi connectivity index (χ4v) is 2.43. The summed E-state index contributed by atoms with van der Waals surface area (Å²) in [4.78, 5) is 0. The molecule has 1 heterocycles. The maximum atomic E-state index is 6.03. The molecular weight excluding hydrogens is 272 g/mol. The lowest BCUT2D eigenvalue weighted by Crippen LogP contribution is -2.60. The van der Waals surface area contributed by atoms with Gasteiger partial charge in [-0.2, -0.15) is 0 Å². The van der Waals surface area contributed by atoms with E-state index in [1.54, 1.807) is 28.4 Å². The van der Waals surface area contributed by atoms with E-state index in [4.69, 9.17) is 23.7 Å². The number of hydrogen-bond acceptors (Lipinski definition) is 5. The minimum atomic E-state index is -0.370. The van der Waals surface area contributed by atoms with Crippen molar-refractivity contribution < 1.29 is 23.7 Å². The number of hydrogen-bond donors (Lipinski definition) is 0. The lowest BCUT2D eigenvalue weighted by molar-refractivity contribution is -0.236. The van der Waals surface area contributed by atoms with Crippen LogP contribution in [-0.2, 0) is 23.7 Å². The minimum absolute atomic E-state index is 0.0981. The molecule has 1 saturated heterocycles. The van der Waals surface area contributed by atoms with Crippen LogP contribution in [0, 0.1) is 17.3 Å². The lowest BCUT2D eigenvalue weighted by atomic mass is 9.92. The maximum absolute atomic E-state index is 6.03. The van der Waals surface area contributed by atoms with Crippen molar-refractivity contribution in [3.8, 4) is 11.8 Å². The van der Waals surface area contributed by atoms with E-state index >= 15 is 0 Å². The molecule has 1 aliphatic rings. The average molecular weight is 300 g/mol. The molecule has 21 heavy (non-hydrogen) atoms. The van der Waals surface area contributed by atoms with E-state index in [0.717, 1.165) is 0 Å². The molecule has 5 nitrogen and oxygen atoms in total. The van der Waals surface area contributed by atoms with Gasteiger partial charge in [0.05, 0.1) is 6.61 Å². The van der Waals surface area contributed by atoms with Crippen LogP contribution in [0.2, 0.25) is 0 Å². The highest BCUT2D eigenvalue weighted by molar-refractivity contribution is 5.16. The van der Waals surface area contributed by atoms with E-state index in [9.17, 15) is 0 Å². The second kappa shape index (κ2) is 8.11. The molecule has 1 aliphatic heterocycles. The summed E-state index contributed by atoms with van der Waals surface area (Å²) in [5, 5.41) is 0. The second-order valence-electron chi connectivity index (χ2n) is 6.17. The van der Waals surface area contributed by atoms with Gasteiger partial charge < -0.3 is 23.7 Å². The molecule has 0 aliphatic carbocycles. The summed E-state index contributed by atoms with van der Waals surface area (Å²) in [7, 11) is 6.55. The summed E-state index contributed by atoms with van der Waals surface area (Å²) in [5.41, 5.74) is -0.0981. The third-order valence-corrected chi connectivity index (χ3v) is 3.37. The maximum Gasteiger partial charge on any atom is 0.147 e. The van der Waals surface area contributed by atoms with Crippen LogP contribution >= 0.6 is 0 Å². The van der Waals surface area contributed by atoms with Gasteiger partial charge in [0.1, 0.15) is 30.5 Å². The largest absolute Gasteiger partial charge is 0.382 e. The Hall–Kier alpha value is -0.640. The van der Waals surface area contributed by atoms with E-state index in [1.807, 2.05) is 0 Å². The summed E-state index contributed by atoms with van der Waals surface area (Å²) in [6, 6.07) is 0. The Balaban J connectivity index is 3.03. The Labute approximate surface area is 128 Å². The quantitative estimate of drug-likeness (QED) is 0.720. The Morgan fingerprint density at radius 3 is 1.90 bits per heavy atom. The Morgan fingerprint density at radius 2 is 1.48 bits per heavy atom. The molecule has 0 spiro atoms. The first kappa shape index (κ1) is 18.4. The van der Waals surface area contributed by atoms with Gasteiger partial charge in [-0.25, -0.2) is 0 Å². The zero-order valence-electron chi connectivity index (χ0n) is 14.1. The molecule has 1 rings (SSSR count). The fraction of sp³-hybridized carbons (Fsp3) is 0.875. The first-order chi connectivity index (χ1) is 9.87. The standard InChI is InChI=1S/C16H28O5/c1-16(2,3)9-8-11-13(18-5)15(20-7)14(19-6)12(21-11)10-17-4/h11-15H,10H2,1-7H3/t11?,12-,13+,14-,15-/m1/s1. The highest BCUT2D eigenvalue weighted by Crippen LogP contribution is 2.27. The van der Waals surface area contributed by atoms with E-state index in [-0.39, 0.29) is 35.9 Å². The average Bonchev–Trinajstić information content (AvgIpc) is 2.43. The summed E-state index contributed by atoms with van der Waals surface area (Å²) in [6.45, 7) is 6.59. The van der Waals surface area contributed by atoms with Crippen molar-refractivity contribution in [1.29, 1.82) is 0 Å². The molecule has 5 atom stereocenters. The van der Waals surface area contributed by atoms with Crippen LogP contribution in [0.3, 0.4) is 0 Å². The number of ether oxygens (including phenoxy) is 5. The highest BCUT2D eigenvalue weighted by atomic mass is 16.6. The molecule has 0 amide bonds. The van der Waals surface area contributed by atoms with Gasteiger partial charge >= 0.3 is 0 Å². The molecule has 1 unspecified atom stereocenters.